The molecule has 1 atom stereocenters. The summed E-state index contributed by atoms with van der Waals surface area (Å²) in [5, 5.41) is 11.5. The first-order chi connectivity index (χ1) is 6.06. The summed E-state index contributed by atoms with van der Waals surface area (Å²) in [5.41, 5.74) is 0. The SMILES string of the molecule is CCN1C(=O)C(CC(=O)O)NC1=S. The van der Waals surface area contributed by atoms with Gasteiger partial charge in [0.1, 0.15) is 6.04 Å². The molecule has 1 unspecified atom stereocenters. The second-order valence-corrected chi connectivity index (χ2v) is 3.07. The zero-order chi connectivity index (χ0) is 10.0. The van der Waals surface area contributed by atoms with Crippen molar-refractivity contribution in [2.24, 2.45) is 0 Å². The van der Waals surface area contributed by atoms with Gasteiger partial charge in [-0.25, -0.2) is 0 Å². The number of aliphatic carboxylic acids is 1. The van der Waals surface area contributed by atoms with Crippen LogP contribution in [-0.4, -0.2) is 39.6 Å². The van der Waals surface area contributed by atoms with Gasteiger partial charge < -0.3 is 10.4 Å². The molecule has 0 saturated carbocycles. The van der Waals surface area contributed by atoms with Gasteiger partial charge in [-0.2, -0.15) is 0 Å². The second kappa shape index (κ2) is 3.69. The van der Waals surface area contributed by atoms with Crippen LogP contribution in [0.3, 0.4) is 0 Å². The van der Waals surface area contributed by atoms with Gasteiger partial charge in [0.2, 0.25) is 0 Å². The molecular formula is C7H10N2O3S. The fourth-order valence-electron chi connectivity index (χ4n) is 1.19. The molecule has 13 heavy (non-hydrogen) atoms. The van der Waals surface area contributed by atoms with Gasteiger partial charge in [-0.05, 0) is 19.1 Å². The molecule has 0 bridgehead atoms. The van der Waals surface area contributed by atoms with Crippen LogP contribution in [-0.2, 0) is 9.59 Å². The number of carbonyl (C=O) groups excluding carboxylic acids is 1. The third kappa shape index (κ3) is 1.95. The van der Waals surface area contributed by atoms with Crippen molar-refractivity contribution in [1.29, 1.82) is 0 Å². The van der Waals surface area contributed by atoms with E-state index in [0.29, 0.717) is 11.7 Å². The van der Waals surface area contributed by atoms with Crippen LogP contribution < -0.4 is 5.32 Å². The van der Waals surface area contributed by atoms with Crippen molar-refractivity contribution in [3.63, 3.8) is 0 Å². The number of carboxylic acid groups (broad SMARTS) is 1. The minimum atomic E-state index is -1.01. The first kappa shape index (κ1) is 9.91. The minimum absolute atomic E-state index is 0.227. The first-order valence-corrected chi connectivity index (χ1v) is 4.30. The minimum Gasteiger partial charge on any atom is -0.481 e. The molecule has 6 heteroatoms. The molecule has 1 aliphatic rings. The van der Waals surface area contributed by atoms with Gasteiger partial charge in [-0.3, -0.25) is 14.5 Å². The van der Waals surface area contributed by atoms with E-state index in [9.17, 15) is 9.59 Å². The van der Waals surface area contributed by atoms with E-state index >= 15 is 0 Å². The molecule has 1 fully saturated rings. The number of rotatable bonds is 3. The summed E-state index contributed by atoms with van der Waals surface area (Å²) < 4.78 is 0. The highest BCUT2D eigenvalue weighted by Crippen LogP contribution is 2.08. The van der Waals surface area contributed by atoms with Crippen LogP contribution in [0.5, 0.6) is 0 Å². The molecule has 5 nitrogen and oxygen atoms in total. The highest BCUT2D eigenvalue weighted by atomic mass is 32.1. The number of hydrogen-bond donors (Lipinski definition) is 2. The van der Waals surface area contributed by atoms with Crippen LogP contribution in [0.15, 0.2) is 0 Å². The molecule has 72 valence electrons. The van der Waals surface area contributed by atoms with E-state index in [1.165, 1.54) is 4.90 Å². The Hall–Kier alpha value is -1.17. The molecule has 0 aromatic heterocycles. The Bertz CT molecular complexity index is 266. The maximum atomic E-state index is 11.4. The summed E-state index contributed by atoms with van der Waals surface area (Å²) in [5.74, 6) is -1.26. The number of nitrogens with one attached hydrogen (secondary N) is 1. The van der Waals surface area contributed by atoms with Gasteiger partial charge in [0.15, 0.2) is 5.11 Å². The average Bonchev–Trinajstić information content (AvgIpc) is 2.26. The summed E-state index contributed by atoms with van der Waals surface area (Å²) in [4.78, 5) is 23.1. The lowest BCUT2D eigenvalue weighted by atomic mass is 10.2. The summed E-state index contributed by atoms with van der Waals surface area (Å²) >= 11 is 4.85. The molecule has 0 radical (unpaired) electrons. The number of nitrogens with zero attached hydrogens (tertiary/aromatic N) is 1. The van der Waals surface area contributed by atoms with E-state index < -0.39 is 12.0 Å². The number of likely N-dealkylation sites (N-methyl/N-ethyl adjacent to an activating group) is 1. The molecule has 1 saturated heterocycles. The standard InChI is InChI=1S/C7H10N2O3S/c1-2-9-6(12)4(3-5(10)11)8-7(9)13/h4H,2-3H2,1H3,(H,8,13)(H,10,11). The quantitative estimate of drug-likeness (QED) is 0.607. The summed E-state index contributed by atoms with van der Waals surface area (Å²) in [6.07, 6.45) is -0.227. The van der Waals surface area contributed by atoms with Crippen LogP contribution in [0.4, 0.5) is 0 Å². The molecule has 0 spiro atoms. The van der Waals surface area contributed by atoms with Crippen LogP contribution in [0.2, 0.25) is 0 Å². The normalized spacial score (nSPS) is 21.9. The van der Waals surface area contributed by atoms with Crippen molar-refractivity contribution in [3.05, 3.63) is 0 Å². The Morgan fingerprint density at radius 3 is 2.77 bits per heavy atom. The smallest absolute Gasteiger partial charge is 0.305 e. The van der Waals surface area contributed by atoms with E-state index in [1.54, 1.807) is 6.92 Å². The first-order valence-electron chi connectivity index (χ1n) is 3.90. The van der Waals surface area contributed by atoms with Crippen molar-refractivity contribution in [2.45, 2.75) is 19.4 Å². The van der Waals surface area contributed by atoms with Crippen molar-refractivity contribution < 1.29 is 14.7 Å². The Kier molecular flexibility index (Phi) is 2.82. The van der Waals surface area contributed by atoms with Gasteiger partial charge in [0.05, 0.1) is 6.42 Å². The number of hydrogen-bond acceptors (Lipinski definition) is 3. The van der Waals surface area contributed by atoms with E-state index in [2.05, 4.69) is 5.32 Å². The summed E-state index contributed by atoms with van der Waals surface area (Å²) in [6, 6.07) is -0.690. The fourth-order valence-corrected chi connectivity index (χ4v) is 1.55. The van der Waals surface area contributed by atoms with Crippen LogP contribution in [0.25, 0.3) is 0 Å². The molecule has 0 aromatic carbocycles. The lowest BCUT2D eigenvalue weighted by Gasteiger charge is -2.10. The molecule has 1 amide bonds. The molecule has 1 heterocycles. The topological polar surface area (TPSA) is 69.6 Å². The number of carbonyl (C=O) groups is 2. The summed E-state index contributed by atoms with van der Waals surface area (Å²) in [7, 11) is 0. The second-order valence-electron chi connectivity index (χ2n) is 2.68. The molecule has 2 N–H and O–H groups in total. The number of thiocarbonyl (C=S) groups is 1. The number of carboxylic acids is 1. The largest absolute Gasteiger partial charge is 0.481 e. The van der Waals surface area contributed by atoms with E-state index in [1.807, 2.05) is 0 Å². The zero-order valence-corrected chi connectivity index (χ0v) is 7.93. The van der Waals surface area contributed by atoms with Crippen molar-refractivity contribution in [2.75, 3.05) is 6.54 Å². The third-order valence-electron chi connectivity index (χ3n) is 1.80. The van der Waals surface area contributed by atoms with Crippen molar-refractivity contribution in [1.82, 2.24) is 10.2 Å². The maximum Gasteiger partial charge on any atom is 0.305 e. The van der Waals surface area contributed by atoms with Gasteiger partial charge >= 0.3 is 5.97 Å². The molecule has 0 aromatic rings. The van der Waals surface area contributed by atoms with Crippen LogP contribution in [0, 0.1) is 0 Å². The van der Waals surface area contributed by atoms with Gasteiger partial charge in [-0.1, -0.05) is 0 Å². The Morgan fingerprint density at radius 2 is 2.38 bits per heavy atom. The predicted octanol–water partition coefficient (Wildman–Crippen LogP) is -0.434. The van der Waals surface area contributed by atoms with Crippen molar-refractivity contribution in [3.8, 4) is 0 Å². The van der Waals surface area contributed by atoms with Gasteiger partial charge in [0, 0.05) is 6.54 Å². The highest BCUT2D eigenvalue weighted by Gasteiger charge is 2.35. The lowest BCUT2D eigenvalue weighted by Crippen LogP contribution is -2.32. The average molecular weight is 202 g/mol. The molecule has 1 aliphatic heterocycles. The van der Waals surface area contributed by atoms with Gasteiger partial charge in [0.25, 0.3) is 5.91 Å². The Labute approximate surface area is 80.7 Å². The predicted molar refractivity (Wildman–Crippen MR) is 49.2 cm³/mol. The van der Waals surface area contributed by atoms with Crippen LogP contribution >= 0.6 is 12.2 Å². The lowest BCUT2D eigenvalue weighted by molar-refractivity contribution is -0.140. The molecular weight excluding hydrogens is 192 g/mol. The van der Waals surface area contributed by atoms with E-state index in [-0.39, 0.29) is 12.3 Å². The molecule has 1 rings (SSSR count). The monoisotopic (exact) mass is 202 g/mol. The Balaban J connectivity index is 2.67. The zero-order valence-electron chi connectivity index (χ0n) is 7.11. The summed E-state index contributed by atoms with van der Waals surface area (Å²) in [6.45, 7) is 2.26. The molecule has 0 aliphatic carbocycles. The fraction of sp³-hybridized carbons (Fsp3) is 0.571. The van der Waals surface area contributed by atoms with Crippen LogP contribution in [0.1, 0.15) is 13.3 Å². The van der Waals surface area contributed by atoms with E-state index in [0.717, 1.165) is 0 Å². The third-order valence-corrected chi connectivity index (χ3v) is 2.14. The maximum absolute atomic E-state index is 11.4. The highest BCUT2D eigenvalue weighted by molar-refractivity contribution is 7.80. The van der Waals surface area contributed by atoms with E-state index in [4.69, 9.17) is 17.3 Å². The van der Waals surface area contributed by atoms with Crippen molar-refractivity contribution >= 4 is 29.2 Å². The van der Waals surface area contributed by atoms with Gasteiger partial charge in [-0.15, -0.1) is 0 Å². The Morgan fingerprint density at radius 1 is 1.77 bits per heavy atom. The number of amides is 1.